The van der Waals surface area contributed by atoms with Crippen LogP contribution in [-0.4, -0.2) is 32.7 Å². The molecule has 1 saturated heterocycles. The highest BCUT2D eigenvalue weighted by atomic mass is 32.1. The van der Waals surface area contributed by atoms with Crippen LogP contribution in [-0.2, 0) is 10.2 Å². The molecule has 0 bridgehead atoms. The molecule has 1 fully saturated rings. The first-order chi connectivity index (χ1) is 11.8. The predicted octanol–water partition coefficient (Wildman–Crippen LogP) is 3.92. The Kier molecular flexibility index (Phi) is 5.38. The maximum Gasteiger partial charge on any atom is 0.249 e. The van der Waals surface area contributed by atoms with Gasteiger partial charge in [-0.25, -0.2) is 4.98 Å². The van der Waals surface area contributed by atoms with Crippen molar-refractivity contribution in [2.75, 3.05) is 18.5 Å². The van der Waals surface area contributed by atoms with Crippen LogP contribution in [0, 0.1) is 5.92 Å². The van der Waals surface area contributed by atoms with Gasteiger partial charge in [-0.15, -0.1) is 0 Å². The smallest absolute Gasteiger partial charge is 0.249 e. The van der Waals surface area contributed by atoms with E-state index in [0.717, 1.165) is 42.8 Å². The Hall–Kier alpha value is -1.54. The summed E-state index contributed by atoms with van der Waals surface area (Å²) in [5.41, 5.74) is -0.0695. The zero-order valence-corrected chi connectivity index (χ0v) is 16.4. The minimum Gasteiger partial charge on any atom is -0.381 e. The van der Waals surface area contributed by atoms with Crippen LogP contribution in [0.15, 0.2) is 4.52 Å². The van der Waals surface area contributed by atoms with Gasteiger partial charge in [0, 0.05) is 36.1 Å². The Morgan fingerprint density at radius 1 is 1.16 bits per heavy atom. The van der Waals surface area contributed by atoms with E-state index in [1.54, 1.807) is 0 Å². The molecular weight excluding hydrogens is 338 g/mol. The lowest BCUT2D eigenvalue weighted by Gasteiger charge is -2.28. The van der Waals surface area contributed by atoms with E-state index in [2.05, 4.69) is 59.4 Å². The molecule has 3 heterocycles. The first-order valence-electron chi connectivity index (χ1n) is 8.86. The molecule has 0 radical (unpaired) electrons. The first-order valence-corrected chi connectivity index (χ1v) is 9.64. The highest BCUT2D eigenvalue weighted by Gasteiger charge is 2.31. The zero-order chi connectivity index (χ0) is 18.0. The standard InChI is InChI=1S/C17H27N5O2S/c1-10(2)13-19-14(24-21-13)12(11-6-8-23-9-7-11)18-16-20-15(22-25-16)17(3,4)5/h10-12H,6-9H2,1-5H3,(H,18,20,22)/t12-/m1/s1. The number of hydrogen-bond donors (Lipinski definition) is 1. The van der Waals surface area contributed by atoms with Crippen molar-refractivity contribution in [1.29, 1.82) is 0 Å². The molecule has 2 aromatic heterocycles. The molecule has 25 heavy (non-hydrogen) atoms. The number of hydrogen-bond acceptors (Lipinski definition) is 8. The normalized spacial score (nSPS) is 17.8. The summed E-state index contributed by atoms with van der Waals surface area (Å²) in [4.78, 5) is 9.27. The maximum absolute atomic E-state index is 5.58. The van der Waals surface area contributed by atoms with E-state index in [1.807, 2.05) is 0 Å². The fourth-order valence-electron chi connectivity index (χ4n) is 2.76. The molecule has 1 aliphatic rings. The predicted molar refractivity (Wildman–Crippen MR) is 96.9 cm³/mol. The van der Waals surface area contributed by atoms with Gasteiger partial charge in [0.2, 0.25) is 11.0 Å². The van der Waals surface area contributed by atoms with Crippen LogP contribution in [0.25, 0.3) is 0 Å². The molecule has 3 rings (SSSR count). The van der Waals surface area contributed by atoms with Gasteiger partial charge >= 0.3 is 0 Å². The maximum atomic E-state index is 5.58. The summed E-state index contributed by atoms with van der Waals surface area (Å²) >= 11 is 1.38. The van der Waals surface area contributed by atoms with E-state index >= 15 is 0 Å². The lowest BCUT2D eigenvalue weighted by atomic mass is 9.91. The molecule has 1 N–H and O–H groups in total. The number of anilines is 1. The fraction of sp³-hybridized carbons (Fsp3) is 0.765. The van der Waals surface area contributed by atoms with E-state index < -0.39 is 0 Å². The Balaban J connectivity index is 1.84. The van der Waals surface area contributed by atoms with Crippen LogP contribution in [0.4, 0.5) is 5.13 Å². The van der Waals surface area contributed by atoms with Gasteiger partial charge in [-0.2, -0.15) is 9.36 Å². The minimum atomic E-state index is -0.0695. The number of ether oxygens (including phenoxy) is 1. The lowest BCUT2D eigenvalue weighted by molar-refractivity contribution is 0.0571. The average molecular weight is 366 g/mol. The van der Waals surface area contributed by atoms with E-state index in [9.17, 15) is 0 Å². The highest BCUT2D eigenvalue weighted by molar-refractivity contribution is 7.09. The molecule has 0 saturated carbocycles. The van der Waals surface area contributed by atoms with Crippen LogP contribution in [0.5, 0.6) is 0 Å². The molecule has 0 spiro atoms. The van der Waals surface area contributed by atoms with Crippen molar-refractivity contribution in [2.24, 2.45) is 5.92 Å². The second kappa shape index (κ2) is 7.37. The van der Waals surface area contributed by atoms with Crippen molar-refractivity contribution in [3.63, 3.8) is 0 Å². The van der Waals surface area contributed by atoms with Crippen LogP contribution in [0.3, 0.4) is 0 Å². The minimum absolute atomic E-state index is 0.0651. The lowest BCUT2D eigenvalue weighted by Crippen LogP contribution is -2.27. The third-order valence-electron chi connectivity index (χ3n) is 4.35. The van der Waals surface area contributed by atoms with Gasteiger partial charge in [0.25, 0.3) is 0 Å². The third-order valence-corrected chi connectivity index (χ3v) is 5.00. The van der Waals surface area contributed by atoms with E-state index in [-0.39, 0.29) is 17.4 Å². The Morgan fingerprint density at radius 3 is 2.44 bits per heavy atom. The van der Waals surface area contributed by atoms with E-state index in [0.29, 0.717) is 11.8 Å². The van der Waals surface area contributed by atoms with Crippen molar-refractivity contribution in [3.05, 3.63) is 17.5 Å². The number of aromatic nitrogens is 4. The average Bonchev–Trinajstić information content (AvgIpc) is 3.22. The SMILES string of the molecule is CC(C)c1noc([C@H](Nc2nc(C(C)(C)C)ns2)C2CCOCC2)n1. The third kappa shape index (κ3) is 4.36. The summed E-state index contributed by atoms with van der Waals surface area (Å²) in [6, 6.07) is -0.0651. The summed E-state index contributed by atoms with van der Waals surface area (Å²) in [5.74, 6) is 2.82. The van der Waals surface area contributed by atoms with Crippen LogP contribution < -0.4 is 5.32 Å². The van der Waals surface area contributed by atoms with Crippen molar-refractivity contribution in [2.45, 2.75) is 64.8 Å². The first kappa shape index (κ1) is 18.3. The van der Waals surface area contributed by atoms with Crippen molar-refractivity contribution in [3.8, 4) is 0 Å². The topological polar surface area (TPSA) is 86.0 Å². The number of nitrogens with one attached hydrogen (secondary N) is 1. The van der Waals surface area contributed by atoms with E-state index in [1.165, 1.54) is 11.5 Å². The monoisotopic (exact) mass is 365 g/mol. The molecule has 0 amide bonds. The molecule has 0 aromatic carbocycles. The summed E-state index contributed by atoms with van der Waals surface area (Å²) in [6.07, 6.45) is 1.92. The molecule has 1 atom stereocenters. The van der Waals surface area contributed by atoms with E-state index in [4.69, 9.17) is 9.26 Å². The van der Waals surface area contributed by atoms with Gasteiger partial charge in [-0.05, 0) is 18.8 Å². The van der Waals surface area contributed by atoms with Gasteiger partial charge in [-0.3, -0.25) is 0 Å². The molecule has 7 nitrogen and oxygen atoms in total. The highest BCUT2D eigenvalue weighted by Crippen LogP contribution is 2.34. The van der Waals surface area contributed by atoms with Gasteiger partial charge in [0.15, 0.2) is 5.82 Å². The fourth-order valence-corrected chi connectivity index (χ4v) is 3.55. The van der Waals surface area contributed by atoms with Gasteiger partial charge in [0.1, 0.15) is 11.9 Å². The number of nitrogens with zero attached hydrogens (tertiary/aromatic N) is 4. The van der Waals surface area contributed by atoms with Crippen LogP contribution >= 0.6 is 11.5 Å². The summed E-state index contributed by atoms with van der Waals surface area (Å²) < 4.78 is 15.6. The Morgan fingerprint density at radius 2 is 1.88 bits per heavy atom. The van der Waals surface area contributed by atoms with Gasteiger partial charge < -0.3 is 14.6 Å². The van der Waals surface area contributed by atoms with Gasteiger partial charge in [-0.1, -0.05) is 39.8 Å². The second-order valence-electron chi connectivity index (χ2n) is 7.89. The van der Waals surface area contributed by atoms with Crippen LogP contribution in [0.1, 0.15) is 77.0 Å². The Bertz CT molecular complexity index is 685. The van der Waals surface area contributed by atoms with Crippen molar-refractivity contribution < 1.29 is 9.26 Å². The zero-order valence-electron chi connectivity index (χ0n) is 15.6. The molecule has 0 unspecified atom stereocenters. The quantitative estimate of drug-likeness (QED) is 0.859. The molecular formula is C17H27N5O2S. The molecule has 138 valence electrons. The molecule has 1 aliphatic heterocycles. The molecule has 0 aliphatic carbocycles. The van der Waals surface area contributed by atoms with Crippen molar-refractivity contribution in [1.82, 2.24) is 19.5 Å². The van der Waals surface area contributed by atoms with Gasteiger partial charge in [0.05, 0.1) is 0 Å². The molecule has 8 heteroatoms. The molecule has 2 aromatic rings. The largest absolute Gasteiger partial charge is 0.381 e. The Labute approximate surface area is 152 Å². The summed E-state index contributed by atoms with van der Waals surface area (Å²) in [5, 5.41) is 8.43. The second-order valence-corrected chi connectivity index (χ2v) is 8.64. The summed E-state index contributed by atoms with van der Waals surface area (Å²) in [7, 11) is 0. The summed E-state index contributed by atoms with van der Waals surface area (Å²) in [6.45, 7) is 12.0. The van der Waals surface area contributed by atoms with Crippen molar-refractivity contribution >= 4 is 16.7 Å². The van der Waals surface area contributed by atoms with Crippen LogP contribution in [0.2, 0.25) is 0 Å². The number of rotatable bonds is 5.